The first-order valence-corrected chi connectivity index (χ1v) is 8.23. The summed E-state index contributed by atoms with van der Waals surface area (Å²) < 4.78 is 11.3. The number of pyridine rings is 1. The van der Waals surface area contributed by atoms with Gasteiger partial charge in [0.15, 0.2) is 11.5 Å². The molecule has 1 aliphatic rings. The Balaban J connectivity index is 1.71. The molecule has 1 amide bonds. The van der Waals surface area contributed by atoms with Crippen molar-refractivity contribution in [3.05, 3.63) is 53.3 Å². The van der Waals surface area contributed by atoms with Crippen LogP contribution in [0.15, 0.2) is 36.5 Å². The lowest BCUT2D eigenvalue weighted by Crippen LogP contribution is -2.25. The van der Waals surface area contributed by atoms with E-state index in [9.17, 15) is 4.79 Å². The topological polar surface area (TPSA) is 60.5 Å². The second-order valence-corrected chi connectivity index (χ2v) is 5.93. The van der Waals surface area contributed by atoms with Gasteiger partial charge >= 0.3 is 0 Å². The minimum absolute atomic E-state index is 0.0591. The van der Waals surface area contributed by atoms with E-state index in [-0.39, 0.29) is 5.91 Å². The van der Waals surface area contributed by atoms with Gasteiger partial charge in [0.05, 0.1) is 13.7 Å². The molecule has 0 saturated heterocycles. The molecule has 0 aliphatic carbocycles. The first-order chi connectivity index (χ1) is 11.7. The first-order valence-electron chi connectivity index (χ1n) is 8.23. The summed E-state index contributed by atoms with van der Waals surface area (Å²) >= 11 is 0. The Morgan fingerprint density at radius 1 is 1.42 bits per heavy atom. The minimum atomic E-state index is -0.0591. The summed E-state index contributed by atoms with van der Waals surface area (Å²) in [6.07, 6.45) is 3.39. The van der Waals surface area contributed by atoms with Gasteiger partial charge in [-0.3, -0.25) is 9.78 Å². The second-order valence-electron chi connectivity index (χ2n) is 5.93. The largest absolute Gasteiger partial charge is 0.493 e. The van der Waals surface area contributed by atoms with Crippen LogP contribution < -0.4 is 14.8 Å². The van der Waals surface area contributed by atoms with E-state index in [1.807, 2.05) is 25.1 Å². The van der Waals surface area contributed by atoms with Gasteiger partial charge in [0.25, 0.3) is 5.91 Å². The van der Waals surface area contributed by atoms with Gasteiger partial charge in [-0.1, -0.05) is 12.1 Å². The lowest BCUT2D eigenvalue weighted by molar-refractivity contribution is 0.0955. The van der Waals surface area contributed by atoms with Crippen molar-refractivity contribution in [1.82, 2.24) is 10.3 Å². The summed E-state index contributed by atoms with van der Waals surface area (Å²) in [5.74, 6) is 1.90. The molecular weight excluding hydrogens is 304 g/mol. The van der Waals surface area contributed by atoms with Crippen molar-refractivity contribution in [3.63, 3.8) is 0 Å². The van der Waals surface area contributed by atoms with Gasteiger partial charge in [0.1, 0.15) is 0 Å². The molecule has 0 bridgehead atoms. The van der Waals surface area contributed by atoms with Crippen LogP contribution in [-0.4, -0.2) is 31.2 Å². The molecule has 1 aliphatic heterocycles. The van der Waals surface area contributed by atoms with Crippen LogP contribution in [0.1, 0.15) is 28.5 Å². The van der Waals surface area contributed by atoms with Crippen LogP contribution in [0.25, 0.3) is 0 Å². The zero-order valence-electron chi connectivity index (χ0n) is 14.0. The fraction of sp³-hybridized carbons (Fsp3) is 0.368. The number of hydrogen-bond acceptors (Lipinski definition) is 4. The van der Waals surface area contributed by atoms with Crippen LogP contribution >= 0.6 is 0 Å². The van der Waals surface area contributed by atoms with Crippen molar-refractivity contribution < 1.29 is 14.3 Å². The minimum Gasteiger partial charge on any atom is -0.493 e. The summed E-state index contributed by atoms with van der Waals surface area (Å²) in [5.41, 5.74) is 2.73. The zero-order chi connectivity index (χ0) is 16.9. The highest BCUT2D eigenvalue weighted by Crippen LogP contribution is 2.36. The summed E-state index contributed by atoms with van der Waals surface area (Å²) in [6, 6.07) is 9.58. The maximum absolute atomic E-state index is 11.9. The van der Waals surface area contributed by atoms with E-state index in [0.29, 0.717) is 24.6 Å². The van der Waals surface area contributed by atoms with Gasteiger partial charge in [-0.2, -0.15) is 0 Å². The van der Waals surface area contributed by atoms with Gasteiger partial charge in [-0.05, 0) is 43.5 Å². The van der Waals surface area contributed by atoms with E-state index < -0.39 is 0 Å². The van der Waals surface area contributed by atoms with E-state index >= 15 is 0 Å². The average Bonchev–Trinajstić information content (AvgIpc) is 2.61. The van der Waals surface area contributed by atoms with Crippen molar-refractivity contribution in [1.29, 1.82) is 0 Å². The van der Waals surface area contributed by atoms with Crippen LogP contribution in [0.5, 0.6) is 11.5 Å². The Morgan fingerprint density at radius 3 is 3.08 bits per heavy atom. The number of methoxy groups -OCH3 is 1. The molecule has 1 N–H and O–H groups in total. The molecule has 1 aromatic carbocycles. The molecule has 0 unspecified atom stereocenters. The Labute approximate surface area is 142 Å². The van der Waals surface area contributed by atoms with Gasteiger partial charge in [0, 0.05) is 29.9 Å². The average molecular weight is 326 g/mol. The van der Waals surface area contributed by atoms with Crippen LogP contribution in [0, 0.1) is 5.92 Å². The monoisotopic (exact) mass is 326 g/mol. The summed E-state index contributed by atoms with van der Waals surface area (Å²) in [4.78, 5) is 16.4. The van der Waals surface area contributed by atoms with Crippen molar-refractivity contribution in [2.45, 2.75) is 19.8 Å². The van der Waals surface area contributed by atoms with Crippen molar-refractivity contribution in [3.8, 4) is 11.5 Å². The molecule has 2 aromatic rings. The van der Waals surface area contributed by atoms with Crippen molar-refractivity contribution in [2.75, 3.05) is 20.3 Å². The van der Waals surface area contributed by atoms with Gasteiger partial charge < -0.3 is 14.8 Å². The maximum Gasteiger partial charge on any atom is 0.251 e. The molecule has 1 aromatic heterocycles. The smallest absolute Gasteiger partial charge is 0.251 e. The Hall–Kier alpha value is -2.56. The molecule has 0 saturated carbocycles. The van der Waals surface area contributed by atoms with E-state index in [0.717, 1.165) is 35.6 Å². The van der Waals surface area contributed by atoms with E-state index in [4.69, 9.17) is 9.47 Å². The molecule has 1 atom stereocenters. The summed E-state index contributed by atoms with van der Waals surface area (Å²) in [6.45, 7) is 3.15. The number of benzene rings is 1. The summed E-state index contributed by atoms with van der Waals surface area (Å²) in [5, 5.41) is 2.81. The number of aromatic nitrogens is 1. The first kappa shape index (κ1) is 16.3. The fourth-order valence-corrected chi connectivity index (χ4v) is 3.04. The van der Waals surface area contributed by atoms with Crippen molar-refractivity contribution >= 4 is 5.91 Å². The quantitative estimate of drug-likeness (QED) is 0.917. The number of amides is 1. The van der Waals surface area contributed by atoms with E-state index in [1.54, 1.807) is 19.4 Å². The fourth-order valence-electron chi connectivity index (χ4n) is 3.04. The predicted octanol–water partition coefficient (Wildman–Crippen LogP) is 2.63. The van der Waals surface area contributed by atoms with Crippen LogP contribution in [0.3, 0.4) is 0 Å². The summed E-state index contributed by atoms with van der Waals surface area (Å²) in [7, 11) is 1.65. The number of fused-ring (bicyclic) bond motifs is 1. The molecule has 126 valence electrons. The molecule has 0 fully saturated rings. The normalized spacial score (nSPS) is 16.0. The Morgan fingerprint density at radius 2 is 2.29 bits per heavy atom. The molecule has 24 heavy (non-hydrogen) atoms. The number of para-hydroxylation sites is 1. The lowest BCUT2D eigenvalue weighted by atomic mass is 9.92. The maximum atomic E-state index is 11.9. The third-order valence-corrected chi connectivity index (χ3v) is 4.17. The number of nitrogens with one attached hydrogen (secondary N) is 1. The highest BCUT2D eigenvalue weighted by molar-refractivity contribution is 5.94. The van der Waals surface area contributed by atoms with Crippen molar-refractivity contribution in [2.24, 2.45) is 5.92 Å². The molecule has 0 spiro atoms. The highest BCUT2D eigenvalue weighted by Gasteiger charge is 2.23. The molecule has 3 rings (SSSR count). The third kappa shape index (κ3) is 3.50. The number of ether oxygens (including phenoxy) is 2. The number of nitrogens with zero attached hydrogens (tertiary/aromatic N) is 1. The van der Waals surface area contributed by atoms with Gasteiger partial charge in [-0.15, -0.1) is 0 Å². The van der Waals surface area contributed by atoms with E-state index in [1.165, 1.54) is 0 Å². The standard InChI is InChI=1S/C19H22N2O3/c1-3-20-19(22)15-7-8-21-16(11-15)10-13-9-14-5-4-6-17(23-2)18(14)24-12-13/h4-8,11,13H,3,9-10,12H2,1-2H3,(H,20,22)/t13-/m1/s1. The molecular formula is C19H22N2O3. The third-order valence-electron chi connectivity index (χ3n) is 4.17. The molecule has 0 radical (unpaired) electrons. The second kappa shape index (κ2) is 7.34. The molecule has 5 nitrogen and oxygen atoms in total. The van der Waals surface area contributed by atoms with Crippen LogP contribution in [-0.2, 0) is 12.8 Å². The number of rotatable bonds is 5. The molecule has 2 heterocycles. The van der Waals surface area contributed by atoms with Crippen LogP contribution in [0.2, 0.25) is 0 Å². The van der Waals surface area contributed by atoms with Gasteiger partial charge in [0.2, 0.25) is 0 Å². The highest BCUT2D eigenvalue weighted by atomic mass is 16.5. The zero-order valence-corrected chi connectivity index (χ0v) is 14.0. The Kier molecular flexibility index (Phi) is 4.99. The predicted molar refractivity (Wildman–Crippen MR) is 91.6 cm³/mol. The number of carbonyl (C=O) groups excluding carboxylic acids is 1. The molecule has 5 heteroatoms. The number of hydrogen-bond donors (Lipinski definition) is 1. The lowest BCUT2D eigenvalue weighted by Gasteiger charge is -2.26. The Bertz CT molecular complexity index is 730. The number of carbonyl (C=O) groups is 1. The SMILES string of the molecule is CCNC(=O)c1ccnc(C[C@@H]2COc3c(cccc3OC)C2)c1. The van der Waals surface area contributed by atoms with E-state index in [2.05, 4.69) is 16.4 Å². The van der Waals surface area contributed by atoms with Crippen LogP contribution in [0.4, 0.5) is 0 Å². The van der Waals surface area contributed by atoms with Gasteiger partial charge in [-0.25, -0.2) is 0 Å².